The van der Waals surface area contributed by atoms with E-state index in [-0.39, 0.29) is 10.6 Å². The first-order chi connectivity index (χ1) is 7.38. The number of hydrogen-bond donors (Lipinski definition) is 3. The molecule has 1 rings (SSSR count). The van der Waals surface area contributed by atoms with Gasteiger partial charge in [-0.05, 0) is 11.6 Å². The highest BCUT2D eigenvalue weighted by molar-refractivity contribution is 7.82. The zero-order valence-corrected chi connectivity index (χ0v) is 9.70. The number of carbonyl (C=O) groups is 2. The highest BCUT2D eigenvalue weighted by Crippen LogP contribution is 2.37. The molecule has 0 amide bonds. The number of aliphatic carboxylic acids is 2. The van der Waals surface area contributed by atoms with Crippen molar-refractivity contribution in [3.05, 3.63) is 34.9 Å². The Labute approximate surface area is 102 Å². The molecule has 4 nitrogen and oxygen atoms in total. The van der Waals surface area contributed by atoms with Crippen LogP contribution in [0.3, 0.4) is 0 Å². The van der Waals surface area contributed by atoms with Crippen LogP contribution in [-0.4, -0.2) is 22.2 Å². The fourth-order valence-electron chi connectivity index (χ4n) is 1.30. The van der Waals surface area contributed by atoms with Gasteiger partial charge in [0.2, 0.25) is 0 Å². The normalized spacial score (nSPS) is 14.1. The minimum Gasteiger partial charge on any atom is -0.481 e. The Kier molecular flexibility index (Phi) is 3.83. The molecule has 0 saturated heterocycles. The van der Waals surface area contributed by atoms with Crippen molar-refractivity contribution >= 4 is 36.2 Å². The fourth-order valence-corrected chi connectivity index (χ4v) is 1.99. The molecule has 0 bridgehead atoms. The maximum Gasteiger partial charge on any atom is 0.324 e. The Morgan fingerprint density at radius 3 is 2.31 bits per heavy atom. The van der Waals surface area contributed by atoms with Crippen LogP contribution < -0.4 is 0 Å². The average molecular weight is 261 g/mol. The van der Waals surface area contributed by atoms with Crippen LogP contribution in [-0.2, 0) is 14.3 Å². The van der Waals surface area contributed by atoms with Crippen molar-refractivity contribution in [2.75, 3.05) is 0 Å². The largest absolute Gasteiger partial charge is 0.481 e. The van der Waals surface area contributed by atoms with Gasteiger partial charge in [-0.1, -0.05) is 29.8 Å². The van der Waals surface area contributed by atoms with E-state index in [1.165, 1.54) is 12.1 Å². The lowest BCUT2D eigenvalue weighted by molar-refractivity contribution is -0.146. The van der Waals surface area contributed by atoms with Crippen LogP contribution in [0.1, 0.15) is 12.0 Å². The molecular formula is C10H9ClO4S. The second kappa shape index (κ2) is 4.76. The molecular weight excluding hydrogens is 252 g/mol. The molecule has 0 aliphatic carbocycles. The third-order valence-corrected chi connectivity index (χ3v) is 3.00. The van der Waals surface area contributed by atoms with Crippen molar-refractivity contribution in [3.63, 3.8) is 0 Å². The molecule has 86 valence electrons. The highest BCUT2D eigenvalue weighted by atomic mass is 35.5. The SMILES string of the molecule is O=C(O)CC(S)(C(=O)O)c1ccccc1Cl. The first kappa shape index (κ1) is 12.9. The van der Waals surface area contributed by atoms with E-state index in [1.807, 2.05) is 0 Å². The van der Waals surface area contributed by atoms with Crippen molar-refractivity contribution < 1.29 is 19.8 Å². The number of carboxylic acid groups (broad SMARTS) is 2. The Morgan fingerprint density at radius 2 is 1.88 bits per heavy atom. The monoisotopic (exact) mass is 260 g/mol. The van der Waals surface area contributed by atoms with Gasteiger partial charge in [0, 0.05) is 5.02 Å². The molecule has 0 fully saturated rings. The second-order valence-electron chi connectivity index (χ2n) is 3.22. The Morgan fingerprint density at radius 1 is 1.31 bits per heavy atom. The maximum absolute atomic E-state index is 11.1. The van der Waals surface area contributed by atoms with Crippen LogP contribution in [0.2, 0.25) is 5.02 Å². The summed E-state index contributed by atoms with van der Waals surface area (Å²) >= 11 is 9.78. The van der Waals surface area contributed by atoms with Gasteiger partial charge in [0.15, 0.2) is 0 Å². The van der Waals surface area contributed by atoms with E-state index in [0.29, 0.717) is 0 Å². The molecule has 0 radical (unpaired) electrons. The zero-order valence-electron chi connectivity index (χ0n) is 8.05. The smallest absolute Gasteiger partial charge is 0.324 e. The van der Waals surface area contributed by atoms with Crippen molar-refractivity contribution in [2.24, 2.45) is 0 Å². The van der Waals surface area contributed by atoms with Gasteiger partial charge < -0.3 is 10.2 Å². The third-order valence-electron chi connectivity index (χ3n) is 2.08. The van der Waals surface area contributed by atoms with E-state index >= 15 is 0 Å². The summed E-state index contributed by atoms with van der Waals surface area (Å²) in [6.45, 7) is 0. The van der Waals surface area contributed by atoms with Crippen molar-refractivity contribution in [2.45, 2.75) is 11.2 Å². The molecule has 6 heteroatoms. The molecule has 1 atom stereocenters. The lowest BCUT2D eigenvalue weighted by Gasteiger charge is -2.23. The molecule has 0 aliphatic heterocycles. The lowest BCUT2D eigenvalue weighted by Crippen LogP contribution is -2.32. The molecule has 0 aliphatic rings. The number of hydrogen-bond acceptors (Lipinski definition) is 3. The van der Waals surface area contributed by atoms with Crippen LogP contribution in [0.25, 0.3) is 0 Å². The molecule has 0 saturated carbocycles. The van der Waals surface area contributed by atoms with E-state index in [4.69, 9.17) is 21.8 Å². The van der Waals surface area contributed by atoms with E-state index < -0.39 is 23.1 Å². The van der Waals surface area contributed by atoms with Gasteiger partial charge in [0.25, 0.3) is 0 Å². The predicted octanol–water partition coefficient (Wildman–Crippen LogP) is 2.02. The van der Waals surface area contributed by atoms with Crippen LogP contribution in [0, 0.1) is 0 Å². The van der Waals surface area contributed by atoms with E-state index in [9.17, 15) is 9.59 Å². The zero-order chi connectivity index (χ0) is 12.3. The quantitative estimate of drug-likeness (QED) is 0.724. The van der Waals surface area contributed by atoms with Crippen LogP contribution in [0.5, 0.6) is 0 Å². The summed E-state index contributed by atoms with van der Waals surface area (Å²) in [5, 5.41) is 17.9. The molecule has 1 unspecified atom stereocenters. The number of halogens is 1. The van der Waals surface area contributed by atoms with Gasteiger partial charge in [-0.25, -0.2) is 0 Å². The van der Waals surface area contributed by atoms with Crippen LogP contribution in [0.15, 0.2) is 24.3 Å². The number of carboxylic acids is 2. The number of benzene rings is 1. The molecule has 1 aromatic rings. The van der Waals surface area contributed by atoms with Gasteiger partial charge in [0.1, 0.15) is 4.75 Å². The standard InChI is InChI=1S/C10H9ClO4S/c11-7-4-2-1-3-6(7)10(16,9(14)15)5-8(12)13/h1-4,16H,5H2,(H,12,13)(H,14,15). The topological polar surface area (TPSA) is 74.6 Å². The van der Waals surface area contributed by atoms with Crippen molar-refractivity contribution in [1.29, 1.82) is 0 Å². The Balaban J connectivity index is 3.27. The first-order valence-electron chi connectivity index (χ1n) is 4.30. The summed E-state index contributed by atoms with van der Waals surface area (Å²) in [5.74, 6) is -2.59. The third kappa shape index (κ3) is 2.48. The summed E-state index contributed by atoms with van der Waals surface area (Å²) in [6, 6.07) is 6.15. The van der Waals surface area contributed by atoms with Gasteiger partial charge in [0.05, 0.1) is 6.42 Å². The molecule has 0 aromatic heterocycles. The maximum atomic E-state index is 11.1. The minimum absolute atomic E-state index is 0.176. The number of rotatable bonds is 4. The summed E-state index contributed by atoms with van der Waals surface area (Å²) in [6.07, 6.45) is -0.644. The van der Waals surface area contributed by atoms with Crippen LogP contribution >= 0.6 is 24.2 Å². The van der Waals surface area contributed by atoms with Crippen molar-refractivity contribution in [3.8, 4) is 0 Å². The summed E-state index contributed by atoms with van der Waals surface area (Å²) in [7, 11) is 0. The Hall–Kier alpha value is -1.20. The van der Waals surface area contributed by atoms with Gasteiger partial charge in [-0.3, -0.25) is 9.59 Å². The van der Waals surface area contributed by atoms with Crippen LogP contribution in [0.4, 0.5) is 0 Å². The van der Waals surface area contributed by atoms with E-state index in [2.05, 4.69) is 12.6 Å². The fraction of sp³-hybridized carbons (Fsp3) is 0.200. The van der Waals surface area contributed by atoms with E-state index in [0.717, 1.165) is 0 Å². The summed E-state index contributed by atoms with van der Waals surface area (Å²) < 4.78 is -1.82. The molecule has 2 N–H and O–H groups in total. The molecule has 0 spiro atoms. The molecule has 16 heavy (non-hydrogen) atoms. The highest BCUT2D eigenvalue weighted by Gasteiger charge is 2.40. The van der Waals surface area contributed by atoms with E-state index in [1.54, 1.807) is 12.1 Å². The van der Waals surface area contributed by atoms with Gasteiger partial charge >= 0.3 is 11.9 Å². The molecule has 1 aromatic carbocycles. The molecule has 0 heterocycles. The summed E-state index contributed by atoms with van der Waals surface area (Å²) in [4.78, 5) is 21.8. The van der Waals surface area contributed by atoms with Gasteiger partial charge in [-0.2, -0.15) is 12.6 Å². The average Bonchev–Trinajstić information content (AvgIpc) is 2.16. The second-order valence-corrected chi connectivity index (χ2v) is 4.39. The van der Waals surface area contributed by atoms with Crippen molar-refractivity contribution in [1.82, 2.24) is 0 Å². The summed E-state index contributed by atoms with van der Waals surface area (Å²) in [5.41, 5.74) is 0.176. The van der Waals surface area contributed by atoms with Gasteiger partial charge in [-0.15, -0.1) is 0 Å². The predicted molar refractivity (Wildman–Crippen MR) is 62.0 cm³/mol. The lowest BCUT2D eigenvalue weighted by atomic mass is 9.94. The number of thiol groups is 1. The minimum atomic E-state index is -1.82. The first-order valence-corrected chi connectivity index (χ1v) is 5.13. The Bertz CT molecular complexity index is 435.